The number of carbonyl (C=O) groups excluding carboxylic acids is 2. The summed E-state index contributed by atoms with van der Waals surface area (Å²) in [6.07, 6.45) is 0.347. The van der Waals surface area contributed by atoms with Crippen LogP contribution in [-0.2, 0) is 26.0 Å². The molecule has 0 aliphatic rings. The Hall–Kier alpha value is -2.79. The smallest absolute Gasteiger partial charge is 0.243 e. The summed E-state index contributed by atoms with van der Waals surface area (Å²) in [5.41, 5.74) is 0.880. The van der Waals surface area contributed by atoms with Crippen molar-refractivity contribution in [2.24, 2.45) is 11.8 Å². The second-order valence-electron chi connectivity index (χ2n) is 10.7. The number of hydrogen-bond acceptors (Lipinski definition) is 6. The summed E-state index contributed by atoms with van der Waals surface area (Å²) in [6.45, 7) is 7.95. The molecule has 0 saturated heterocycles. The molecule has 0 aromatic heterocycles. The Labute approximate surface area is 239 Å². The Morgan fingerprint density at radius 1 is 0.950 bits per heavy atom. The molecular formula is C30H46N4O5S. The number of benzene rings is 2. The molecular weight excluding hydrogens is 528 g/mol. The number of aliphatic hydroxyl groups excluding tert-OH is 1. The van der Waals surface area contributed by atoms with Gasteiger partial charge >= 0.3 is 0 Å². The molecule has 4 N–H and O–H groups in total. The second kappa shape index (κ2) is 16.5. The van der Waals surface area contributed by atoms with Gasteiger partial charge in [-0.2, -0.15) is 4.31 Å². The fourth-order valence-electron chi connectivity index (χ4n) is 4.30. The zero-order valence-electron chi connectivity index (χ0n) is 24.3. The SMILES string of the molecule is CCC(C)C(NC(=O)CNC)C(=O)NC(Cc1ccccc1)C(O)CN(CCC(C)C)S(=O)(=O)c1ccccc1. The average molecular weight is 575 g/mol. The zero-order valence-corrected chi connectivity index (χ0v) is 25.2. The van der Waals surface area contributed by atoms with Crippen molar-refractivity contribution in [3.05, 3.63) is 66.2 Å². The maximum Gasteiger partial charge on any atom is 0.243 e. The van der Waals surface area contributed by atoms with E-state index in [0.29, 0.717) is 12.8 Å². The monoisotopic (exact) mass is 574 g/mol. The van der Waals surface area contributed by atoms with E-state index in [2.05, 4.69) is 16.0 Å². The van der Waals surface area contributed by atoms with Gasteiger partial charge in [-0.05, 0) is 49.4 Å². The predicted octanol–water partition coefficient (Wildman–Crippen LogP) is 2.56. The average Bonchev–Trinajstić information content (AvgIpc) is 2.94. The van der Waals surface area contributed by atoms with Crippen LogP contribution in [0.25, 0.3) is 0 Å². The second-order valence-corrected chi connectivity index (χ2v) is 12.6. The summed E-state index contributed by atoms with van der Waals surface area (Å²) in [5.74, 6) is -0.630. The molecule has 0 spiro atoms. The lowest BCUT2D eigenvalue weighted by molar-refractivity contribution is -0.130. The van der Waals surface area contributed by atoms with Crippen LogP contribution in [0.3, 0.4) is 0 Å². The van der Waals surface area contributed by atoms with Crippen molar-refractivity contribution in [2.75, 3.05) is 26.7 Å². The largest absolute Gasteiger partial charge is 0.390 e. The van der Waals surface area contributed by atoms with Gasteiger partial charge in [0.15, 0.2) is 0 Å². The van der Waals surface area contributed by atoms with Gasteiger partial charge in [-0.15, -0.1) is 0 Å². The van der Waals surface area contributed by atoms with Gasteiger partial charge in [-0.1, -0.05) is 82.6 Å². The van der Waals surface area contributed by atoms with Crippen LogP contribution >= 0.6 is 0 Å². The molecule has 2 rings (SSSR count). The van der Waals surface area contributed by atoms with Crippen molar-refractivity contribution in [2.45, 2.75) is 70.0 Å². The Bertz CT molecular complexity index is 1150. The number of carbonyl (C=O) groups is 2. The first-order valence-electron chi connectivity index (χ1n) is 14.0. The van der Waals surface area contributed by atoms with Gasteiger partial charge < -0.3 is 21.1 Å². The molecule has 4 unspecified atom stereocenters. The van der Waals surface area contributed by atoms with Crippen LogP contribution in [0.5, 0.6) is 0 Å². The highest BCUT2D eigenvalue weighted by atomic mass is 32.2. The van der Waals surface area contributed by atoms with E-state index in [1.807, 2.05) is 58.0 Å². The highest BCUT2D eigenvalue weighted by Gasteiger charge is 2.33. The van der Waals surface area contributed by atoms with Crippen molar-refractivity contribution >= 4 is 21.8 Å². The number of amides is 2. The van der Waals surface area contributed by atoms with Gasteiger partial charge in [0.2, 0.25) is 21.8 Å². The molecule has 4 atom stereocenters. The first kappa shape index (κ1) is 33.4. The molecule has 2 amide bonds. The molecule has 0 aliphatic heterocycles. The van der Waals surface area contributed by atoms with Gasteiger partial charge in [0.25, 0.3) is 0 Å². The van der Waals surface area contributed by atoms with E-state index in [1.54, 1.807) is 25.2 Å². The van der Waals surface area contributed by atoms with E-state index >= 15 is 0 Å². The molecule has 0 aliphatic carbocycles. The maximum atomic E-state index is 13.6. The van der Waals surface area contributed by atoms with Crippen LogP contribution in [-0.4, -0.2) is 74.5 Å². The van der Waals surface area contributed by atoms with Gasteiger partial charge in [-0.25, -0.2) is 8.42 Å². The molecule has 10 heteroatoms. The Morgan fingerprint density at radius 2 is 1.55 bits per heavy atom. The minimum Gasteiger partial charge on any atom is -0.390 e. The zero-order chi connectivity index (χ0) is 29.7. The molecule has 2 aromatic carbocycles. The van der Waals surface area contributed by atoms with Gasteiger partial charge in [-0.3, -0.25) is 9.59 Å². The Morgan fingerprint density at radius 3 is 2.10 bits per heavy atom. The summed E-state index contributed by atoms with van der Waals surface area (Å²) in [4.78, 5) is 26.0. The van der Waals surface area contributed by atoms with Gasteiger partial charge in [0.1, 0.15) is 6.04 Å². The fourth-order valence-corrected chi connectivity index (χ4v) is 5.79. The third kappa shape index (κ3) is 10.3. The molecule has 0 bridgehead atoms. The van der Waals surface area contributed by atoms with Crippen LogP contribution < -0.4 is 16.0 Å². The van der Waals surface area contributed by atoms with E-state index in [1.165, 1.54) is 16.4 Å². The third-order valence-corrected chi connectivity index (χ3v) is 8.85. The standard InChI is InChI=1S/C30H46N4O5S/c1-6-23(4)29(33-28(36)20-31-5)30(37)32-26(19-24-13-9-7-10-14-24)27(35)21-34(18-17-22(2)3)40(38,39)25-15-11-8-12-16-25/h7-16,22-23,26-27,29,31,35H,6,17-21H2,1-5H3,(H,32,37)(H,33,36). The Balaban J connectivity index is 2.36. The topological polar surface area (TPSA) is 128 Å². The molecule has 0 heterocycles. The molecule has 40 heavy (non-hydrogen) atoms. The number of nitrogens with zero attached hydrogens (tertiary/aromatic N) is 1. The minimum absolute atomic E-state index is 0.0679. The first-order chi connectivity index (χ1) is 19.0. The summed E-state index contributed by atoms with van der Waals surface area (Å²) in [6, 6.07) is 16.0. The first-order valence-corrected chi connectivity index (χ1v) is 15.4. The van der Waals surface area contributed by atoms with Crippen LogP contribution in [0.2, 0.25) is 0 Å². The molecule has 0 fully saturated rings. The normalized spacial score (nSPS) is 14.9. The van der Waals surface area contributed by atoms with E-state index in [9.17, 15) is 23.1 Å². The fraction of sp³-hybridized carbons (Fsp3) is 0.533. The van der Waals surface area contributed by atoms with Crippen molar-refractivity contribution in [3.8, 4) is 0 Å². The molecule has 2 aromatic rings. The number of hydrogen-bond donors (Lipinski definition) is 4. The van der Waals surface area contributed by atoms with Gasteiger partial charge in [0, 0.05) is 13.1 Å². The predicted molar refractivity (Wildman–Crippen MR) is 158 cm³/mol. The summed E-state index contributed by atoms with van der Waals surface area (Å²) < 4.78 is 28.5. The van der Waals surface area contributed by atoms with Crippen LogP contribution in [0, 0.1) is 11.8 Å². The highest BCUT2D eigenvalue weighted by molar-refractivity contribution is 7.89. The number of nitrogens with one attached hydrogen (secondary N) is 3. The minimum atomic E-state index is -3.89. The summed E-state index contributed by atoms with van der Waals surface area (Å²) in [5, 5.41) is 20.0. The van der Waals surface area contributed by atoms with E-state index < -0.39 is 34.1 Å². The molecule has 0 radical (unpaired) electrons. The lowest BCUT2D eigenvalue weighted by atomic mass is 9.96. The lowest BCUT2D eigenvalue weighted by Gasteiger charge is -2.32. The van der Waals surface area contributed by atoms with Crippen LogP contribution in [0.1, 0.15) is 46.1 Å². The maximum absolute atomic E-state index is 13.6. The number of sulfonamides is 1. The summed E-state index contributed by atoms with van der Waals surface area (Å²) in [7, 11) is -2.23. The van der Waals surface area contributed by atoms with Crippen molar-refractivity contribution in [1.82, 2.24) is 20.3 Å². The van der Waals surface area contributed by atoms with Crippen molar-refractivity contribution in [1.29, 1.82) is 0 Å². The van der Waals surface area contributed by atoms with Crippen LogP contribution in [0.4, 0.5) is 0 Å². The third-order valence-electron chi connectivity index (χ3n) is 6.97. The number of rotatable bonds is 17. The van der Waals surface area contributed by atoms with Crippen molar-refractivity contribution in [3.63, 3.8) is 0 Å². The van der Waals surface area contributed by atoms with Crippen LogP contribution in [0.15, 0.2) is 65.6 Å². The highest BCUT2D eigenvalue weighted by Crippen LogP contribution is 2.19. The molecule has 9 nitrogen and oxygen atoms in total. The molecule has 222 valence electrons. The number of aliphatic hydroxyl groups is 1. The Kier molecular flexibility index (Phi) is 13.8. The van der Waals surface area contributed by atoms with E-state index in [-0.39, 0.29) is 48.7 Å². The number of likely N-dealkylation sites (N-methyl/N-ethyl adjacent to an activating group) is 1. The quantitative estimate of drug-likeness (QED) is 0.230. The summed E-state index contributed by atoms with van der Waals surface area (Å²) >= 11 is 0. The molecule has 0 saturated carbocycles. The van der Waals surface area contributed by atoms with Crippen molar-refractivity contribution < 1.29 is 23.1 Å². The van der Waals surface area contributed by atoms with E-state index in [4.69, 9.17) is 0 Å². The lowest BCUT2D eigenvalue weighted by Crippen LogP contribution is -2.57. The van der Waals surface area contributed by atoms with Gasteiger partial charge in [0.05, 0.1) is 23.6 Å². The van der Waals surface area contributed by atoms with E-state index in [0.717, 1.165) is 5.56 Å².